The Kier molecular flexibility index (Phi) is 4.11. The van der Waals surface area contributed by atoms with Gasteiger partial charge in [-0.2, -0.15) is 10.5 Å². The Hall–Kier alpha value is -3.11. The van der Waals surface area contributed by atoms with E-state index in [4.69, 9.17) is 15.3 Å². The second kappa shape index (κ2) is 6.17. The van der Waals surface area contributed by atoms with Gasteiger partial charge in [0.25, 0.3) is 0 Å². The van der Waals surface area contributed by atoms with E-state index in [1.807, 2.05) is 42.5 Å². The third kappa shape index (κ3) is 3.01. The van der Waals surface area contributed by atoms with Crippen LogP contribution in [0.4, 0.5) is 0 Å². The van der Waals surface area contributed by atoms with Crippen LogP contribution in [-0.4, -0.2) is 5.97 Å². The van der Waals surface area contributed by atoms with Crippen molar-refractivity contribution in [2.75, 3.05) is 0 Å². The molecule has 2 aromatic rings. The zero-order valence-electron chi connectivity index (χ0n) is 10.5. The van der Waals surface area contributed by atoms with Gasteiger partial charge in [0.2, 0.25) is 0 Å². The molecule has 0 radical (unpaired) electrons. The van der Waals surface area contributed by atoms with Crippen LogP contribution in [0.2, 0.25) is 0 Å². The number of nitrogens with zero attached hydrogens (tertiary/aromatic N) is 2. The van der Waals surface area contributed by atoms with E-state index in [0.29, 0.717) is 5.56 Å². The third-order valence-electron chi connectivity index (χ3n) is 2.70. The smallest absolute Gasteiger partial charge is 0.339 e. The van der Waals surface area contributed by atoms with E-state index in [1.54, 1.807) is 0 Å². The number of esters is 1. The number of ether oxygens (including phenoxy) is 1. The molecule has 2 aromatic carbocycles. The average Bonchev–Trinajstić information content (AvgIpc) is 2.52. The Morgan fingerprint density at radius 1 is 1.05 bits per heavy atom. The fourth-order valence-electron chi connectivity index (χ4n) is 1.68. The van der Waals surface area contributed by atoms with Crippen LogP contribution < -0.4 is 0 Å². The Balaban J connectivity index is 2.17. The molecule has 0 spiro atoms. The molecule has 0 aromatic heterocycles. The second-order valence-corrected chi connectivity index (χ2v) is 4.05. The Bertz CT molecular complexity index is 709. The SMILES string of the molecule is N#Cc1ccc(C#N)c(C(=O)OCc2ccccc2)c1. The van der Waals surface area contributed by atoms with Gasteiger partial charge >= 0.3 is 5.97 Å². The molecule has 0 saturated heterocycles. The van der Waals surface area contributed by atoms with Gasteiger partial charge in [0.05, 0.1) is 22.8 Å². The largest absolute Gasteiger partial charge is 0.457 e. The van der Waals surface area contributed by atoms with Crippen LogP contribution in [0.1, 0.15) is 27.0 Å². The van der Waals surface area contributed by atoms with Gasteiger partial charge in [0.1, 0.15) is 12.7 Å². The number of nitriles is 2. The molecule has 0 bridgehead atoms. The summed E-state index contributed by atoms with van der Waals surface area (Å²) >= 11 is 0. The van der Waals surface area contributed by atoms with Crippen molar-refractivity contribution in [1.82, 2.24) is 0 Å². The highest BCUT2D eigenvalue weighted by Gasteiger charge is 2.14. The predicted molar refractivity (Wildman–Crippen MR) is 71.4 cm³/mol. The number of carbonyl (C=O) groups excluding carboxylic acids is 1. The zero-order chi connectivity index (χ0) is 14.4. The molecule has 0 saturated carbocycles. The van der Waals surface area contributed by atoms with Crippen LogP contribution in [0.25, 0.3) is 0 Å². The molecule has 4 nitrogen and oxygen atoms in total. The fourth-order valence-corrected chi connectivity index (χ4v) is 1.68. The molecule has 4 heteroatoms. The molecule has 20 heavy (non-hydrogen) atoms. The Morgan fingerprint density at radius 3 is 2.45 bits per heavy atom. The van der Waals surface area contributed by atoms with E-state index in [2.05, 4.69) is 0 Å². The lowest BCUT2D eigenvalue weighted by Gasteiger charge is -2.06. The van der Waals surface area contributed by atoms with Crippen LogP contribution in [0.3, 0.4) is 0 Å². The Morgan fingerprint density at radius 2 is 1.80 bits per heavy atom. The maximum absolute atomic E-state index is 12.0. The maximum Gasteiger partial charge on any atom is 0.339 e. The second-order valence-electron chi connectivity index (χ2n) is 4.05. The molecule has 0 unspecified atom stereocenters. The zero-order valence-corrected chi connectivity index (χ0v) is 10.5. The van der Waals surface area contributed by atoms with Gasteiger partial charge in [-0.25, -0.2) is 4.79 Å². The van der Waals surface area contributed by atoms with Crippen LogP contribution in [0, 0.1) is 22.7 Å². The topological polar surface area (TPSA) is 73.9 Å². The normalized spacial score (nSPS) is 9.30. The lowest BCUT2D eigenvalue weighted by molar-refractivity contribution is 0.0472. The van der Waals surface area contributed by atoms with Crippen molar-refractivity contribution in [3.8, 4) is 12.1 Å². The first-order valence-corrected chi connectivity index (χ1v) is 5.90. The lowest BCUT2D eigenvalue weighted by Crippen LogP contribution is -2.07. The minimum atomic E-state index is -0.609. The molecular weight excluding hydrogens is 252 g/mol. The molecule has 0 aliphatic heterocycles. The van der Waals surface area contributed by atoms with Gasteiger partial charge in [-0.15, -0.1) is 0 Å². The highest BCUT2D eigenvalue weighted by atomic mass is 16.5. The summed E-state index contributed by atoms with van der Waals surface area (Å²) < 4.78 is 5.16. The number of hydrogen-bond acceptors (Lipinski definition) is 4. The first-order valence-electron chi connectivity index (χ1n) is 5.90. The van der Waals surface area contributed by atoms with Gasteiger partial charge < -0.3 is 4.74 Å². The van der Waals surface area contributed by atoms with E-state index in [-0.39, 0.29) is 17.7 Å². The molecule has 0 aliphatic rings. The molecule has 96 valence electrons. The standard InChI is InChI=1S/C16H10N2O2/c17-9-13-6-7-14(10-18)15(8-13)16(19)20-11-12-4-2-1-3-5-12/h1-8H,11H2. The van der Waals surface area contributed by atoms with Crippen LogP contribution >= 0.6 is 0 Å². The summed E-state index contributed by atoms with van der Waals surface area (Å²) in [6.07, 6.45) is 0. The van der Waals surface area contributed by atoms with Crippen LogP contribution in [0.5, 0.6) is 0 Å². The van der Waals surface area contributed by atoms with Crippen molar-refractivity contribution in [2.24, 2.45) is 0 Å². The first-order chi connectivity index (χ1) is 9.74. The van der Waals surface area contributed by atoms with Crippen molar-refractivity contribution in [3.63, 3.8) is 0 Å². The van der Waals surface area contributed by atoms with Crippen molar-refractivity contribution in [3.05, 3.63) is 70.8 Å². The summed E-state index contributed by atoms with van der Waals surface area (Å²) in [5.74, 6) is -0.609. The summed E-state index contributed by atoms with van der Waals surface area (Å²) in [6, 6.07) is 17.4. The molecular formula is C16H10N2O2. The van der Waals surface area contributed by atoms with Gasteiger partial charge in [0, 0.05) is 0 Å². The average molecular weight is 262 g/mol. The van der Waals surface area contributed by atoms with E-state index in [0.717, 1.165) is 5.56 Å². The van der Waals surface area contributed by atoms with Crippen LogP contribution in [0.15, 0.2) is 48.5 Å². The highest BCUT2D eigenvalue weighted by molar-refractivity contribution is 5.92. The summed E-state index contributed by atoms with van der Waals surface area (Å²) in [5, 5.41) is 17.8. The van der Waals surface area contributed by atoms with Crippen molar-refractivity contribution >= 4 is 5.97 Å². The summed E-state index contributed by atoms with van der Waals surface area (Å²) in [7, 11) is 0. The van der Waals surface area contributed by atoms with Gasteiger partial charge in [-0.3, -0.25) is 0 Å². The van der Waals surface area contributed by atoms with Gasteiger partial charge in [0.15, 0.2) is 0 Å². The minimum Gasteiger partial charge on any atom is -0.457 e. The van der Waals surface area contributed by atoms with Gasteiger partial charge in [-0.1, -0.05) is 30.3 Å². The predicted octanol–water partition coefficient (Wildman–Crippen LogP) is 2.79. The molecule has 0 aliphatic carbocycles. The number of carbonyl (C=O) groups is 1. The summed E-state index contributed by atoms with van der Waals surface area (Å²) in [4.78, 5) is 12.0. The lowest BCUT2D eigenvalue weighted by atomic mass is 10.1. The van der Waals surface area contributed by atoms with Crippen molar-refractivity contribution in [2.45, 2.75) is 6.61 Å². The minimum absolute atomic E-state index is 0.113. The number of benzene rings is 2. The molecule has 0 heterocycles. The first kappa shape index (κ1) is 13.3. The molecule has 2 rings (SSSR count). The van der Waals surface area contributed by atoms with Crippen molar-refractivity contribution < 1.29 is 9.53 Å². The van der Waals surface area contributed by atoms with Gasteiger partial charge in [-0.05, 0) is 23.8 Å². The molecule has 0 fully saturated rings. The molecule has 0 amide bonds. The van der Waals surface area contributed by atoms with E-state index < -0.39 is 5.97 Å². The fraction of sp³-hybridized carbons (Fsp3) is 0.0625. The number of rotatable bonds is 3. The maximum atomic E-state index is 12.0. The Labute approximate surface area is 116 Å². The van der Waals surface area contributed by atoms with Crippen LogP contribution in [-0.2, 0) is 11.3 Å². The van der Waals surface area contributed by atoms with E-state index in [1.165, 1.54) is 18.2 Å². The molecule has 0 atom stereocenters. The molecule has 0 N–H and O–H groups in total. The summed E-state index contributed by atoms with van der Waals surface area (Å²) in [6.45, 7) is 0.126. The highest BCUT2D eigenvalue weighted by Crippen LogP contribution is 2.13. The van der Waals surface area contributed by atoms with E-state index in [9.17, 15) is 4.79 Å². The number of hydrogen-bond donors (Lipinski definition) is 0. The summed E-state index contributed by atoms with van der Waals surface area (Å²) in [5.41, 5.74) is 1.48. The monoisotopic (exact) mass is 262 g/mol. The quantitative estimate of drug-likeness (QED) is 0.797. The van der Waals surface area contributed by atoms with Crippen molar-refractivity contribution in [1.29, 1.82) is 10.5 Å². The third-order valence-corrected chi connectivity index (χ3v) is 2.70. The van der Waals surface area contributed by atoms with E-state index >= 15 is 0 Å².